The summed E-state index contributed by atoms with van der Waals surface area (Å²) in [5.41, 5.74) is 9.30. The van der Waals surface area contributed by atoms with Crippen LogP contribution in [0, 0.1) is 0 Å². The van der Waals surface area contributed by atoms with Gasteiger partial charge < -0.3 is 10.6 Å². The van der Waals surface area contributed by atoms with Crippen molar-refractivity contribution in [1.82, 2.24) is 0 Å². The fourth-order valence-corrected chi connectivity index (χ4v) is 3.37. The second kappa shape index (κ2) is 6.82. The van der Waals surface area contributed by atoms with Gasteiger partial charge in [-0.25, -0.2) is 0 Å². The molecule has 0 radical (unpaired) electrons. The highest BCUT2D eigenvalue weighted by Gasteiger charge is 2.16. The van der Waals surface area contributed by atoms with Gasteiger partial charge in [0.2, 0.25) is 0 Å². The van der Waals surface area contributed by atoms with Gasteiger partial charge in [0, 0.05) is 28.3 Å². The van der Waals surface area contributed by atoms with Crippen LogP contribution in [0.3, 0.4) is 0 Å². The van der Waals surface area contributed by atoms with Gasteiger partial charge in [0.25, 0.3) is 0 Å². The molecule has 0 saturated carbocycles. The highest BCUT2D eigenvalue weighted by atomic mass is 79.9. The Morgan fingerprint density at radius 1 is 1.10 bits per heavy atom. The van der Waals surface area contributed by atoms with Gasteiger partial charge in [-0.05, 0) is 43.2 Å². The van der Waals surface area contributed by atoms with Crippen molar-refractivity contribution in [3.8, 4) is 0 Å². The molecule has 0 spiro atoms. The van der Waals surface area contributed by atoms with Gasteiger partial charge in [0.15, 0.2) is 0 Å². The predicted octanol–water partition coefficient (Wildman–Crippen LogP) is 5.32. The summed E-state index contributed by atoms with van der Waals surface area (Å²) in [6, 6.07) is 14.4. The van der Waals surface area contributed by atoms with Crippen molar-refractivity contribution in [2.24, 2.45) is 5.73 Å². The van der Waals surface area contributed by atoms with Gasteiger partial charge in [0.05, 0.1) is 6.04 Å². The average Bonchev–Trinajstić information content (AvgIpc) is 2.45. The second-order valence-electron chi connectivity index (χ2n) is 5.30. The van der Waals surface area contributed by atoms with Gasteiger partial charge >= 0.3 is 0 Å². The molecule has 2 atom stereocenters. The van der Waals surface area contributed by atoms with Crippen molar-refractivity contribution in [2.75, 3.05) is 11.9 Å². The van der Waals surface area contributed by atoms with Gasteiger partial charge in [-0.2, -0.15) is 0 Å². The van der Waals surface area contributed by atoms with E-state index >= 15 is 0 Å². The van der Waals surface area contributed by atoms with Crippen LogP contribution >= 0.6 is 27.5 Å². The lowest BCUT2D eigenvalue weighted by molar-refractivity contribution is 0.738. The number of nitrogens with zero attached hydrogens (tertiary/aromatic N) is 1. The summed E-state index contributed by atoms with van der Waals surface area (Å²) in [5, 5.41) is 0.795. The van der Waals surface area contributed by atoms with Crippen LogP contribution in [0.4, 0.5) is 5.69 Å². The Bertz CT molecular complexity index is 628. The maximum absolute atomic E-state index is 6.30. The van der Waals surface area contributed by atoms with Crippen LogP contribution in [0.15, 0.2) is 46.9 Å². The molecule has 21 heavy (non-hydrogen) atoms. The summed E-state index contributed by atoms with van der Waals surface area (Å²) in [6.07, 6.45) is 0. The lowest BCUT2D eigenvalue weighted by atomic mass is 10.1. The quantitative estimate of drug-likeness (QED) is 0.792. The van der Waals surface area contributed by atoms with E-state index in [0.717, 1.165) is 26.3 Å². The van der Waals surface area contributed by atoms with Crippen LogP contribution in [-0.4, -0.2) is 7.05 Å². The van der Waals surface area contributed by atoms with E-state index < -0.39 is 0 Å². The Balaban J connectivity index is 2.30. The van der Waals surface area contributed by atoms with Crippen molar-refractivity contribution >= 4 is 33.2 Å². The SMILES string of the molecule is CC(N)c1ccc(N(C)C(C)c2ccccc2Cl)cc1Br. The van der Waals surface area contributed by atoms with E-state index in [2.05, 4.69) is 59.1 Å². The fraction of sp³-hybridized carbons (Fsp3) is 0.294. The van der Waals surface area contributed by atoms with Gasteiger partial charge in [-0.3, -0.25) is 0 Å². The minimum atomic E-state index is 0.0136. The summed E-state index contributed by atoms with van der Waals surface area (Å²) < 4.78 is 1.04. The molecular formula is C17H20BrClN2. The first-order chi connectivity index (χ1) is 9.91. The topological polar surface area (TPSA) is 29.3 Å². The molecule has 2 nitrogen and oxygen atoms in total. The highest BCUT2D eigenvalue weighted by Crippen LogP contribution is 2.33. The van der Waals surface area contributed by atoms with Gasteiger partial charge in [-0.1, -0.05) is 51.8 Å². The molecule has 0 aliphatic carbocycles. The Kier molecular flexibility index (Phi) is 5.31. The molecule has 2 rings (SSSR count). The molecule has 2 unspecified atom stereocenters. The predicted molar refractivity (Wildman–Crippen MR) is 95.0 cm³/mol. The number of benzene rings is 2. The molecule has 0 amide bonds. The van der Waals surface area contributed by atoms with E-state index in [1.54, 1.807) is 0 Å². The Labute approximate surface area is 140 Å². The zero-order valence-electron chi connectivity index (χ0n) is 12.5. The van der Waals surface area contributed by atoms with Crippen LogP contribution in [0.5, 0.6) is 0 Å². The van der Waals surface area contributed by atoms with Crippen LogP contribution in [0.25, 0.3) is 0 Å². The Hall–Kier alpha value is -1.03. The lowest BCUT2D eigenvalue weighted by Gasteiger charge is -2.28. The molecule has 0 heterocycles. The smallest absolute Gasteiger partial charge is 0.0525 e. The fourth-order valence-electron chi connectivity index (χ4n) is 2.35. The van der Waals surface area contributed by atoms with E-state index in [4.69, 9.17) is 17.3 Å². The van der Waals surface area contributed by atoms with Crippen molar-refractivity contribution in [3.63, 3.8) is 0 Å². The third-order valence-corrected chi connectivity index (χ3v) is 4.85. The number of hydrogen-bond donors (Lipinski definition) is 1. The lowest BCUT2D eigenvalue weighted by Crippen LogP contribution is -2.22. The molecule has 0 aromatic heterocycles. The Morgan fingerprint density at radius 2 is 1.76 bits per heavy atom. The zero-order chi connectivity index (χ0) is 15.6. The summed E-state index contributed by atoms with van der Waals surface area (Å²) in [5.74, 6) is 0. The van der Waals surface area contributed by atoms with Crippen molar-refractivity contribution in [3.05, 3.63) is 63.1 Å². The van der Waals surface area contributed by atoms with E-state index in [1.165, 1.54) is 0 Å². The van der Waals surface area contributed by atoms with Gasteiger partial charge in [0.1, 0.15) is 0 Å². The first-order valence-electron chi connectivity index (χ1n) is 6.94. The second-order valence-corrected chi connectivity index (χ2v) is 6.56. The van der Waals surface area contributed by atoms with Crippen molar-refractivity contribution in [2.45, 2.75) is 25.9 Å². The van der Waals surface area contributed by atoms with Crippen LogP contribution in [-0.2, 0) is 0 Å². The minimum Gasteiger partial charge on any atom is -0.368 e. The normalized spacial score (nSPS) is 13.8. The van der Waals surface area contributed by atoms with E-state index in [1.807, 2.05) is 25.1 Å². The molecule has 112 valence electrons. The highest BCUT2D eigenvalue weighted by molar-refractivity contribution is 9.10. The number of rotatable bonds is 4. The summed E-state index contributed by atoms with van der Waals surface area (Å²) in [7, 11) is 2.07. The van der Waals surface area contributed by atoms with Crippen LogP contribution < -0.4 is 10.6 Å². The van der Waals surface area contributed by atoms with Crippen LogP contribution in [0.2, 0.25) is 5.02 Å². The van der Waals surface area contributed by atoms with Crippen molar-refractivity contribution < 1.29 is 0 Å². The van der Waals surface area contributed by atoms with Crippen molar-refractivity contribution in [1.29, 1.82) is 0 Å². The summed E-state index contributed by atoms with van der Waals surface area (Å²) in [4.78, 5) is 2.21. The summed E-state index contributed by atoms with van der Waals surface area (Å²) in [6.45, 7) is 4.13. The molecule has 0 fully saturated rings. The maximum atomic E-state index is 6.30. The first kappa shape index (κ1) is 16.3. The molecule has 4 heteroatoms. The Morgan fingerprint density at radius 3 is 2.33 bits per heavy atom. The monoisotopic (exact) mass is 366 g/mol. The van der Waals surface area contributed by atoms with E-state index in [9.17, 15) is 0 Å². The largest absolute Gasteiger partial charge is 0.368 e. The van der Waals surface area contributed by atoms with Gasteiger partial charge in [-0.15, -0.1) is 0 Å². The van der Waals surface area contributed by atoms with E-state index in [-0.39, 0.29) is 12.1 Å². The molecule has 0 saturated heterocycles. The standard InChI is InChI=1S/C17H20BrClN2/c1-11(20)14-9-8-13(10-16(14)18)21(3)12(2)15-6-4-5-7-17(15)19/h4-12H,20H2,1-3H3. The molecule has 0 bridgehead atoms. The molecular weight excluding hydrogens is 348 g/mol. The zero-order valence-corrected chi connectivity index (χ0v) is 14.8. The number of halogens is 2. The molecule has 2 aromatic carbocycles. The molecule has 2 N–H and O–H groups in total. The third-order valence-electron chi connectivity index (χ3n) is 3.82. The summed E-state index contributed by atoms with van der Waals surface area (Å²) >= 11 is 9.90. The van der Waals surface area contributed by atoms with Crippen LogP contribution in [0.1, 0.15) is 37.1 Å². The average molecular weight is 368 g/mol. The number of hydrogen-bond acceptors (Lipinski definition) is 2. The number of nitrogens with two attached hydrogens (primary N) is 1. The molecule has 0 aliphatic heterocycles. The van der Waals surface area contributed by atoms with E-state index in [0.29, 0.717) is 0 Å². The minimum absolute atomic E-state index is 0.0136. The molecule has 2 aromatic rings. The maximum Gasteiger partial charge on any atom is 0.0525 e. The third kappa shape index (κ3) is 3.60. The molecule has 0 aliphatic rings. The number of anilines is 1. The first-order valence-corrected chi connectivity index (χ1v) is 8.11.